The Morgan fingerprint density at radius 3 is 2.63 bits per heavy atom. The average molecular weight is 284 g/mol. The first-order valence-electron chi connectivity index (χ1n) is 6.08. The molecule has 1 aromatic rings. The van der Waals surface area contributed by atoms with Gasteiger partial charge in [-0.2, -0.15) is 0 Å². The Bertz CT molecular complexity index is 463. The summed E-state index contributed by atoms with van der Waals surface area (Å²) in [6.07, 6.45) is 0. The van der Waals surface area contributed by atoms with Crippen molar-refractivity contribution in [3.8, 4) is 0 Å². The smallest absolute Gasteiger partial charge is 0.341 e. The van der Waals surface area contributed by atoms with Gasteiger partial charge in [-0.3, -0.25) is 4.79 Å². The fraction of sp³-hybridized carbons (Fsp3) is 0.538. The number of hydrogen-bond donors (Lipinski definition) is 2. The highest BCUT2D eigenvalue weighted by Gasteiger charge is 2.28. The summed E-state index contributed by atoms with van der Waals surface area (Å²) in [5.74, 6) is -0.746. The molecule has 0 unspecified atom stereocenters. The number of hydrogen-bond acceptors (Lipinski definition) is 5. The lowest BCUT2D eigenvalue weighted by atomic mass is 9.87. The molecule has 0 aliphatic rings. The van der Waals surface area contributed by atoms with E-state index >= 15 is 0 Å². The normalized spacial score (nSPS) is 12.9. The second-order valence-corrected chi connectivity index (χ2v) is 6.13. The van der Waals surface area contributed by atoms with Gasteiger partial charge in [-0.15, -0.1) is 11.3 Å². The second-order valence-electron chi connectivity index (χ2n) is 5.22. The Balaban J connectivity index is 2.81. The predicted molar refractivity (Wildman–Crippen MR) is 76.3 cm³/mol. The number of nitrogens with two attached hydrogens (primary N) is 1. The Kier molecular flexibility index (Phi) is 5.08. The maximum atomic E-state index is 12.0. The average Bonchev–Trinajstić information content (AvgIpc) is 2.75. The van der Waals surface area contributed by atoms with Gasteiger partial charge in [0, 0.05) is 0 Å². The first kappa shape index (κ1) is 15.7. The number of carbonyl (C=O) groups is 2. The van der Waals surface area contributed by atoms with E-state index in [9.17, 15) is 9.59 Å². The number of amides is 1. The van der Waals surface area contributed by atoms with Gasteiger partial charge in [0.2, 0.25) is 5.91 Å². The van der Waals surface area contributed by atoms with E-state index in [0.717, 1.165) is 0 Å². The summed E-state index contributed by atoms with van der Waals surface area (Å²) < 4.78 is 4.92. The molecular weight excluding hydrogens is 264 g/mol. The van der Waals surface area contributed by atoms with Gasteiger partial charge < -0.3 is 15.8 Å². The molecule has 6 heteroatoms. The molecule has 19 heavy (non-hydrogen) atoms. The zero-order valence-corrected chi connectivity index (χ0v) is 12.5. The second kappa shape index (κ2) is 6.16. The van der Waals surface area contributed by atoms with Crippen molar-refractivity contribution in [1.29, 1.82) is 0 Å². The largest absolute Gasteiger partial charge is 0.462 e. The van der Waals surface area contributed by atoms with E-state index in [1.807, 2.05) is 20.8 Å². The third-order valence-electron chi connectivity index (χ3n) is 2.61. The lowest BCUT2D eigenvalue weighted by Crippen LogP contribution is -2.45. The van der Waals surface area contributed by atoms with Gasteiger partial charge in [-0.1, -0.05) is 20.8 Å². The van der Waals surface area contributed by atoms with E-state index in [0.29, 0.717) is 17.2 Å². The van der Waals surface area contributed by atoms with E-state index in [1.54, 1.807) is 18.4 Å². The number of rotatable bonds is 4. The highest BCUT2D eigenvalue weighted by atomic mass is 32.1. The lowest BCUT2D eigenvalue weighted by Gasteiger charge is -2.25. The van der Waals surface area contributed by atoms with E-state index in [2.05, 4.69) is 5.32 Å². The summed E-state index contributed by atoms with van der Waals surface area (Å²) in [6, 6.07) is 0.977. The van der Waals surface area contributed by atoms with Crippen LogP contribution < -0.4 is 11.1 Å². The van der Waals surface area contributed by atoms with Crippen molar-refractivity contribution in [2.45, 2.75) is 33.7 Å². The molecule has 106 valence electrons. The summed E-state index contributed by atoms with van der Waals surface area (Å²) in [5, 5.41) is 4.89. The molecule has 1 aromatic heterocycles. The van der Waals surface area contributed by atoms with Crippen LogP contribution in [0, 0.1) is 5.41 Å². The van der Waals surface area contributed by atoms with Crippen molar-refractivity contribution < 1.29 is 14.3 Å². The first-order valence-corrected chi connectivity index (χ1v) is 6.96. The summed E-state index contributed by atoms with van der Waals surface area (Å²) >= 11 is 1.27. The Labute approximate surface area is 117 Å². The molecule has 0 fully saturated rings. The number of nitrogens with one attached hydrogen (secondary N) is 1. The molecule has 0 bridgehead atoms. The van der Waals surface area contributed by atoms with Crippen LogP contribution in [0.4, 0.5) is 5.00 Å². The quantitative estimate of drug-likeness (QED) is 0.831. The van der Waals surface area contributed by atoms with Gasteiger partial charge in [0.25, 0.3) is 0 Å². The zero-order valence-electron chi connectivity index (χ0n) is 11.6. The van der Waals surface area contributed by atoms with Crippen LogP contribution in [0.2, 0.25) is 0 Å². The standard InChI is InChI=1S/C13H20N2O3S/c1-5-18-12(17)8-6-7-19-11(8)15-10(16)9(14)13(2,3)4/h6-7,9H,5,14H2,1-4H3,(H,15,16)/t9-/m0/s1. The van der Waals surface area contributed by atoms with Crippen molar-refractivity contribution >= 4 is 28.2 Å². The number of anilines is 1. The van der Waals surface area contributed by atoms with Crippen molar-refractivity contribution in [2.75, 3.05) is 11.9 Å². The molecule has 0 radical (unpaired) electrons. The summed E-state index contributed by atoms with van der Waals surface area (Å²) in [4.78, 5) is 23.7. The molecule has 1 rings (SSSR count). The zero-order chi connectivity index (χ0) is 14.6. The summed E-state index contributed by atoms with van der Waals surface area (Å²) in [7, 11) is 0. The Morgan fingerprint density at radius 1 is 1.47 bits per heavy atom. The molecule has 0 spiro atoms. The summed E-state index contributed by atoms with van der Waals surface area (Å²) in [5.41, 5.74) is 5.89. The van der Waals surface area contributed by atoms with Crippen molar-refractivity contribution in [1.82, 2.24) is 0 Å². The van der Waals surface area contributed by atoms with Crippen LogP contribution in [0.15, 0.2) is 11.4 Å². The van der Waals surface area contributed by atoms with Crippen LogP contribution in [0.3, 0.4) is 0 Å². The van der Waals surface area contributed by atoms with Crippen molar-refractivity contribution in [2.24, 2.45) is 11.1 Å². The molecule has 0 aliphatic carbocycles. The third-order valence-corrected chi connectivity index (χ3v) is 3.44. The Morgan fingerprint density at radius 2 is 2.11 bits per heavy atom. The van der Waals surface area contributed by atoms with E-state index in [4.69, 9.17) is 10.5 Å². The van der Waals surface area contributed by atoms with Gasteiger partial charge >= 0.3 is 5.97 Å². The lowest BCUT2D eigenvalue weighted by molar-refractivity contribution is -0.119. The van der Waals surface area contributed by atoms with Gasteiger partial charge in [0.1, 0.15) is 5.00 Å². The van der Waals surface area contributed by atoms with Gasteiger partial charge in [-0.05, 0) is 23.8 Å². The fourth-order valence-electron chi connectivity index (χ4n) is 1.36. The number of esters is 1. The van der Waals surface area contributed by atoms with Crippen LogP contribution in [0.1, 0.15) is 38.1 Å². The maximum absolute atomic E-state index is 12.0. The van der Waals surface area contributed by atoms with Gasteiger partial charge in [-0.25, -0.2) is 4.79 Å². The number of thiophene rings is 1. The molecule has 5 nitrogen and oxygen atoms in total. The van der Waals surface area contributed by atoms with E-state index in [-0.39, 0.29) is 11.3 Å². The molecule has 0 aromatic carbocycles. The highest BCUT2D eigenvalue weighted by molar-refractivity contribution is 7.14. The topological polar surface area (TPSA) is 81.4 Å². The molecule has 0 saturated heterocycles. The first-order chi connectivity index (χ1) is 8.77. The van der Waals surface area contributed by atoms with Crippen LogP contribution in [0.25, 0.3) is 0 Å². The van der Waals surface area contributed by atoms with Gasteiger partial charge in [0.05, 0.1) is 18.2 Å². The molecule has 3 N–H and O–H groups in total. The minimum atomic E-state index is -0.648. The van der Waals surface area contributed by atoms with Crippen LogP contribution in [0.5, 0.6) is 0 Å². The minimum absolute atomic E-state index is 0.295. The van der Waals surface area contributed by atoms with Crippen LogP contribution in [-0.2, 0) is 9.53 Å². The van der Waals surface area contributed by atoms with E-state index < -0.39 is 12.0 Å². The highest BCUT2D eigenvalue weighted by Crippen LogP contribution is 2.26. The van der Waals surface area contributed by atoms with Crippen molar-refractivity contribution in [3.05, 3.63) is 17.0 Å². The summed E-state index contributed by atoms with van der Waals surface area (Å²) in [6.45, 7) is 7.69. The molecule has 1 heterocycles. The van der Waals surface area contributed by atoms with Crippen LogP contribution >= 0.6 is 11.3 Å². The number of ether oxygens (including phenoxy) is 1. The third kappa shape index (κ3) is 4.04. The monoisotopic (exact) mass is 284 g/mol. The Hall–Kier alpha value is -1.40. The number of carbonyl (C=O) groups excluding carboxylic acids is 2. The maximum Gasteiger partial charge on any atom is 0.341 e. The molecule has 1 amide bonds. The van der Waals surface area contributed by atoms with Crippen molar-refractivity contribution in [3.63, 3.8) is 0 Å². The fourth-order valence-corrected chi connectivity index (χ4v) is 2.14. The molecule has 0 saturated carbocycles. The minimum Gasteiger partial charge on any atom is -0.462 e. The predicted octanol–water partition coefficient (Wildman–Crippen LogP) is 2.24. The molecule has 1 atom stereocenters. The van der Waals surface area contributed by atoms with Gasteiger partial charge in [0.15, 0.2) is 0 Å². The van der Waals surface area contributed by atoms with E-state index in [1.165, 1.54) is 11.3 Å². The SMILES string of the molecule is CCOC(=O)c1ccsc1NC(=O)[C@H](N)C(C)(C)C. The van der Waals surface area contributed by atoms with Crippen LogP contribution in [-0.4, -0.2) is 24.5 Å². The molecule has 0 aliphatic heterocycles. The molecular formula is C13H20N2O3S.